The minimum absolute atomic E-state index is 0.0428. The second-order valence-corrected chi connectivity index (χ2v) is 8.44. The molecule has 0 radical (unpaired) electrons. The van der Waals surface area contributed by atoms with Crippen LogP contribution in [0.2, 0.25) is 5.02 Å². The molecule has 0 aromatic heterocycles. The minimum atomic E-state index is -4.09. The number of hydrogen-bond acceptors (Lipinski definition) is 5. The van der Waals surface area contributed by atoms with Gasteiger partial charge in [0.15, 0.2) is 0 Å². The van der Waals surface area contributed by atoms with E-state index in [0.717, 1.165) is 5.56 Å². The topological polar surface area (TPSA) is 98.5 Å². The first-order valence-corrected chi connectivity index (χ1v) is 10.2. The van der Waals surface area contributed by atoms with Crippen LogP contribution in [-0.2, 0) is 14.8 Å². The number of nitrogens with zero attached hydrogens (tertiary/aromatic N) is 3. The Morgan fingerprint density at radius 3 is 2.61 bits per heavy atom. The monoisotopic (exact) mass is 417 g/mol. The highest BCUT2D eigenvalue weighted by Crippen LogP contribution is 2.30. The summed E-state index contributed by atoms with van der Waals surface area (Å²) in [7, 11) is -4.09. The molecule has 0 saturated heterocycles. The van der Waals surface area contributed by atoms with Crippen molar-refractivity contribution in [2.45, 2.75) is 18.2 Å². The lowest BCUT2D eigenvalue weighted by atomic mass is 10.2. The zero-order valence-corrected chi connectivity index (χ0v) is 16.5. The summed E-state index contributed by atoms with van der Waals surface area (Å²) in [4.78, 5) is 26.6. The van der Waals surface area contributed by atoms with Crippen LogP contribution in [0.4, 0.5) is 5.69 Å². The van der Waals surface area contributed by atoms with Crippen molar-refractivity contribution in [3.63, 3.8) is 0 Å². The standard InChI is InChI=1S/C19H16ClN3O4S/c1-13-11-14(7-8-16(13)20)22(10-4-9-21)18(24)12-23-19(25)15-5-2-3-6-17(15)28(23,26)27/h2-3,5-8,11H,4,10,12H2,1H3. The normalized spacial score (nSPS) is 14.5. The van der Waals surface area contributed by atoms with Gasteiger partial charge >= 0.3 is 0 Å². The SMILES string of the molecule is Cc1cc(N(CCC#N)C(=O)CN2C(=O)c3ccccc3S2(=O)=O)ccc1Cl. The summed E-state index contributed by atoms with van der Waals surface area (Å²) in [5, 5.41) is 9.42. The number of rotatable bonds is 5. The summed E-state index contributed by atoms with van der Waals surface area (Å²) in [5.74, 6) is -1.35. The fraction of sp³-hybridized carbons (Fsp3) is 0.211. The van der Waals surface area contributed by atoms with E-state index in [1.807, 2.05) is 6.07 Å². The van der Waals surface area contributed by atoms with Crippen molar-refractivity contribution in [1.29, 1.82) is 5.26 Å². The molecule has 2 amide bonds. The molecule has 3 rings (SSSR count). The molecule has 0 atom stereocenters. The fourth-order valence-corrected chi connectivity index (χ4v) is 4.59. The molecule has 1 heterocycles. The summed E-state index contributed by atoms with van der Waals surface area (Å²) < 4.78 is 25.9. The van der Waals surface area contributed by atoms with Crippen molar-refractivity contribution in [3.8, 4) is 6.07 Å². The molecule has 2 aromatic carbocycles. The Labute approximate surface area is 167 Å². The van der Waals surface area contributed by atoms with Crippen LogP contribution in [0.3, 0.4) is 0 Å². The highest BCUT2D eigenvalue weighted by Gasteiger charge is 2.42. The quantitative estimate of drug-likeness (QED) is 0.744. The number of carbonyl (C=O) groups excluding carboxylic acids is 2. The molecule has 0 N–H and O–H groups in total. The van der Waals surface area contributed by atoms with E-state index in [1.165, 1.54) is 23.1 Å². The van der Waals surface area contributed by atoms with Crippen molar-refractivity contribution in [2.75, 3.05) is 18.0 Å². The van der Waals surface area contributed by atoms with E-state index < -0.39 is 28.4 Å². The first kappa shape index (κ1) is 19.9. The van der Waals surface area contributed by atoms with E-state index in [1.54, 1.807) is 31.2 Å². The largest absolute Gasteiger partial charge is 0.310 e. The molecule has 28 heavy (non-hydrogen) atoms. The van der Waals surface area contributed by atoms with Gasteiger partial charge in [0.25, 0.3) is 15.9 Å². The number of benzene rings is 2. The van der Waals surface area contributed by atoms with Gasteiger partial charge < -0.3 is 4.90 Å². The summed E-state index contributed by atoms with van der Waals surface area (Å²) in [5.41, 5.74) is 1.25. The Bertz CT molecular complexity index is 1110. The van der Waals surface area contributed by atoms with E-state index in [2.05, 4.69) is 0 Å². The molecule has 0 aliphatic carbocycles. The number of amides is 2. The van der Waals surface area contributed by atoms with E-state index in [9.17, 15) is 18.0 Å². The zero-order chi connectivity index (χ0) is 20.5. The van der Waals surface area contributed by atoms with Crippen molar-refractivity contribution < 1.29 is 18.0 Å². The minimum Gasteiger partial charge on any atom is -0.310 e. The Morgan fingerprint density at radius 2 is 1.96 bits per heavy atom. The van der Waals surface area contributed by atoms with Gasteiger partial charge in [0.05, 0.1) is 18.1 Å². The summed E-state index contributed by atoms with van der Waals surface area (Å²) >= 11 is 6.03. The molecule has 2 aromatic rings. The third-order valence-electron chi connectivity index (χ3n) is 4.39. The van der Waals surface area contributed by atoms with Crippen molar-refractivity contribution in [3.05, 3.63) is 58.6 Å². The number of halogens is 1. The maximum atomic E-state index is 12.9. The van der Waals surface area contributed by atoms with Gasteiger partial charge in [0, 0.05) is 17.3 Å². The number of hydrogen-bond donors (Lipinski definition) is 0. The highest BCUT2D eigenvalue weighted by atomic mass is 35.5. The van der Waals surface area contributed by atoms with Crippen molar-refractivity contribution in [1.82, 2.24) is 4.31 Å². The lowest BCUT2D eigenvalue weighted by molar-refractivity contribution is -0.118. The van der Waals surface area contributed by atoms with Gasteiger partial charge in [-0.15, -0.1) is 0 Å². The molecule has 1 aliphatic heterocycles. The van der Waals surface area contributed by atoms with Gasteiger partial charge in [0.2, 0.25) is 5.91 Å². The van der Waals surface area contributed by atoms with Gasteiger partial charge in [-0.3, -0.25) is 9.59 Å². The number of aryl methyl sites for hydroxylation is 1. The van der Waals surface area contributed by atoms with Gasteiger partial charge in [-0.1, -0.05) is 23.7 Å². The van der Waals surface area contributed by atoms with Crippen LogP contribution in [0.5, 0.6) is 0 Å². The predicted octanol–water partition coefficient (Wildman–Crippen LogP) is 2.74. The van der Waals surface area contributed by atoms with Crippen molar-refractivity contribution >= 4 is 39.1 Å². The molecule has 0 saturated carbocycles. The third-order valence-corrected chi connectivity index (χ3v) is 6.60. The Morgan fingerprint density at radius 1 is 1.25 bits per heavy atom. The van der Waals surface area contributed by atoms with E-state index in [4.69, 9.17) is 16.9 Å². The average molecular weight is 418 g/mol. The molecule has 9 heteroatoms. The second kappa shape index (κ2) is 7.62. The van der Waals surface area contributed by atoms with Gasteiger partial charge in [0.1, 0.15) is 11.4 Å². The number of carbonyl (C=O) groups is 2. The van der Waals surface area contributed by atoms with Crippen LogP contribution >= 0.6 is 11.6 Å². The van der Waals surface area contributed by atoms with Gasteiger partial charge in [-0.25, -0.2) is 12.7 Å². The molecule has 0 bridgehead atoms. The Kier molecular flexibility index (Phi) is 5.40. The summed E-state index contributed by atoms with van der Waals surface area (Å²) in [6, 6.07) is 12.7. The molecular weight excluding hydrogens is 402 g/mol. The molecule has 0 fully saturated rings. The summed E-state index contributed by atoms with van der Waals surface area (Å²) in [6.45, 7) is 1.18. The van der Waals surface area contributed by atoms with Crippen LogP contribution in [0.15, 0.2) is 47.4 Å². The predicted molar refractivity (Wildman–Crippen MR) is 103 cm³/mol. The lowest BCUT2D eigenvalue weighted by Gasteiger charge is -2.25. The zero-order valence-electron chi connectivity index (χ0n) is 14.9. The molecule has 0 spiro atoms. The number of fused-ring (bicyclic) bond motifs is 1. The van der Waals surface area contributed by atoms with Crippen LogP contribution in [0.25, 0.3) is 0 Å². The second-order valence-electron chi connectivity index (χ2n) is 6.20. The molecule has 7 nitrogen and oxygen atoms in total. The van der Waals surface area contributed by atoms with Crippen LogP contribution in [-0.4, -0.2) is 37.6 Å². The molecule has 144 valence electrons. The molecule has 1 aliphatic rings. The maximum Gasteiger partial charge on any atom is 0.269 e. The van der Waals surface area contributed by atoms with E-state index >= 15 is 0 Å². The number of sulfonamides is 1. The smallest absolute Gasteiger partial charge is 0.269 e. The highest BCUT2D eigenvalue weighted by molar-refractivity contribution is 7.90. The average Bonchev–Trinajstić information content (AvgIpc) is 2.86. The van der Waals surface area contributed by atoms with Crippen LogP contribution in [0.1, 0.15) is 22.3 Å². The van der Waals surface area contributed by atoms with Gasteiger partial charge in [-0.05, 0) is 42.8 Å². The molecular formula is C19H16ClN3O4S. The first-order chi connectivity index (χ1) is 13.3. The van der Waals surface area contributed by atoms with Crippen LogP contribution < -0.4 is 4.90 Å². The number of anilines is 1. The first-order valence-electron chi connectivity index (χ1n) is 8.37. The lowest BCUT2D eigenvalue weighted by Crippen LogP contribution is -2.43. The Balaban J connectivity index is 1.91. The van der Waals surface area contributed by atoms with Gasteiger partial charge in [-0.2, -0.15) is 5.26 Å². The van der Waals surface area contributed by atoms with Crippen LogP contribution in [0, 0.1) is 18.3 Å². The van der Waals surface area contributed by atoms with Crippen molar-refractivity contribution in [2.24, 2.45) is 0 Å². The van der Waals surface area contributed by atoms with E-state index in [-0.39, 0.29) is 23.4 Å². The number of nitriles is 1. The Hall–Kier alpha value is -2.89. The maximum absolute atomic E-state index is 12.9. The molecule has 0 unspecified atom stereocenters. The van der Waals surface area contributed by atoms with E-state index in [0.29, 0.717) is 15.0 Å². The fourth-order valence-electron chi connectivity index (χ4n) is 2.95. The summed E-state index contributed by atoms with van der Waals surface area (Å²) in [6.07, 6.45) is 0.0499. The third kappa shape index (κ3) is 3.46.